The van der Waals surface area contributed by atoms with Crippen LogP contribution in [0, 0.1) is 5.41 Å². The van der Waals surface area contributed by atoms with E-state index in [9.17, 15) is 14.7 Å². The van der Waals surface area contributed by atoms with E-state index in [-0.39, 0.29) is 11.9 Å². The third kappa shape index (κ3) is 4.79. The number of benzene rings is 1. The Morgan fingerprint density at radius 1 is 1.25 bits per heavy atom. The number of nitrogens with one attached hydrogen (secondary N) is 1. The monoisotopic (exact) mass is 334 g/mol. The summed E-state index contributed by atoms with van der Waals surface area (Å²) in [5, 5.41) is 9.39. The molecule has 0 aliphatic carbocycles. The molecular weight excluding hydrogens is 308 g/mol. The summed E-state index contributed by atoms with van der Waals surface area (Å²) in [6, 6.07) is 8.94. The second-order valence-electron chi connectivity index (χ2n) is 7.23. The minimum Gasteiger partial charge on any atom is -0.480 e. The van der Waals surface area contributed by atoms with Crippen LogP contribution >= 0.6 is 0 Å². The molecule has 0 saturated carbocycles. The maximum Gasteiger partial charge on any atom is 0.326 e. The summed E-state index contributed by atoms with van der Waals surface area (Å²) in [7, 11) is 0. The Kier molecular flexibility index (Phi) is 5.96. The zero-order valence-electron chi connectivity index (χ0n) is 14.5. The quantitative estimate of drug-likeness (QED) is 0.807. The molecule has 0 radical (unpaired) electrons. The first kappa shape index (κ1) is 18.4. The lowest BCUT2D eigenvalue weighted by molar-refractivity contribution is -0.158. The standard InChI is InChI=1S/C18H26N2O4/c1-18(2,3)17(23)20-11-14(9-10-15(20)16(21)22)19-24-12-13-7-5-4-6-8-13/h4-8,14-15,19H,9-12H2,1-3H3,(H,21,22)/t14-,15+/m1/s1. The third-order valence-corrected chi connectivity index (χ3v) is 4.10. The molecule has 0 unspecified atom stereocenters. The van der Waals surface area contributed by atoms with Crippen molar-refractivity contribution >= 4 is 11.9 Å². The molecule has 1 heterocycles. The van der Waals surface area contributed by atoms with Crippen LogP contribution in [0.5, 0.6) is 0 Å². The fraction of sp³-hybridized carbons (Fsp3) is 0.556. The van der Waals surface area contributed by atoms with Crippen LogP contribution in [-0.4, -0.2) is 40.5 Å². The Labute approximate surface area is 142 Å². The molecule has 24 heavy (non-hydrogen) atoms. The van der Waals surface area contributed by atoms with Crippen LogP contribution in [0.3, 0.4) is 0 Å². The number of likely N-dealkylation sites (tertiary alicyclic amines) is 1. The lowest BCUT2D eigenvalue weighted by Gasteiger charge is -2.40. The van der Waals surface area contributed by atoms with Gasteiger partial charge in [0.1, 0.15) is 6.04 Å². The van der Waals surface area contributed by atoms with Gasteiger partial charge in [-0.3, -0.25) is 9.63 Å². The molecule has 2 N–H and O–H groups in total. The molecular formula is C18H26N2O4. The van der Waals surface area contributed by atoms with Crippen molar-refractivity contribution in [1.29, 1.82) is 0 Å². The van der Waals surface area contributed by atoms with Crippen molar-refractivity contribution in [3.05, 3.63) is 35.9 Å². The van der Waals surface area contributed by atoms with E-state index in [4.69, 9.17) is 4.84 Å². The second kappa shape index (κ2) is 7.77. The van der Waals surface area contributed by atoms with Gasteiger partial charge in [-0.15, -0.1) is 0 Å². The van der Waals surface area contributed by atoms with Gasteiger partial charge in [0.2, 0.25) is 5.91 Å². The van der Waals surface area contributed by atoms with Gasteiger partial charge < -0.3 is 10.0 Å². The number of carboxylic acids is 1. The first-order chi connectivity index (χ1) is 11.3. The van der Waals surface area contributed by atoms with E-state index in [0.29, 0.717) is 26.0 Å². The van der Waals surface area contributed by atoms with E-state index in [1.165, 1.54) is 4.90 Å². The Bertz CT molecular complexity index is 568. The van der Waals surface area contributed by atoms with E-state index in [2.05, 4.69) is 5.48 Å². The SMILES string of the molecule is CC(C)(C)C(=O)N1C[C@H](NOCc2ccccc2)CC[C@H]1C(=O)O. The van der Waals surface area contributed by atoms with Crippen LogP contribution in [0.1, 0.15) is 39.2 Å². The molecule has 1 aliphatic heterocycles. The number of aliphatic carboxylic acids is 1. The number of hydroxylamine groups is 1. The Balaban J connectivity index is 1.94. The molecule has 1 aromatic rings. The molecule has 2 rings (SSSR count). The van der Waals surface area contributed by atoms with Crippen molar-refractivity contribution in [3.63, 3.8) is 0 Å². The summed E-state index contributed by atoms with van der Waals surface area (Å²) in [6.07, 6.45) is 1.07. The van der Waals surface area contributed by atoms with Gasteiger partial charge in [0.25, 0.3) is 0 Å². The number of rotatable bonds is 5. The predicted molar refractivity (Wildman–Crippen MR) is 90.0 cm³/mol. The number of carbonyl (C=O) groups excluding carboxylic acids is 1. The first-order valence-corrected chi connectivity index (χ1v) is 8.24. The molecule has 0 aromatic heterocycles. The number of nitrogens with zero attached hydrogens (tertiary/aromatic N) is 1. The second-order valence-corrected chi connectivity index (χ2v) is 7.23. The number of amides is 1. The van der Waals surface area contributed by atoms with E-state index < -0.39 is 17.4 Å². The van der Waals surface area contributed by atoms with E-state index >= 15 is 0 Å². The summed E-state index contributed by atoms with van der Waals surface area (Å²) in [4.78, 5) is 31.0. The van der Waals surface area contributed by atoms with Gasteiger partial charge in [0, 0.05) is 18.0 Å². The summed E-state index contributed by atoms with van der Waals surface area (Å²) >= 11 is 0. The van der Waals surface area contributed by atoms with Crippen LogP contribution in [0.2, 0.25) is 0 Å². The van der Waals surface area contributed by atoms with Gasteiger partial charge in [0.05, 0.1) is 6.61 Å². The number of carboxylic acid groups (broad SMARTS) is 1. The van der Waals surface area contributed by atoms with Crippen LogP contribution in [-0.2, 0) is 21.0 Å². The highest BCUT2D eigenvalue weighted by Crippen LogP contribution is 2.25. The fourth-order valence-corrected chi connectivity index (χ4v) is 2.80. The van der Waals surface area contributed by atoms with Crippen LogP contribution in [0.25, 0.3) is 0 Å². The summed E-state index contributed by atoms with van der Waals surface area (Å²) in [5.74, 6) is -1.10. The van der Waals surface area contributed by atoms with Crippen molar-refractivity contribution in [1.82, 2.24) is 10.4 Å². The van der Waals surface area contributed by atoms with E-state index in [0.717, 1.165) is 5.56 Å². The summed E-state index contributed by atoms with van der Waals surface area (Å²) in [5.41, 5.74) is 3.42. The van der Waals surface area contributed by atoms with Gasteiger partial charge in [0.15, 0.2) is 0 Å². The fourth-order valence-electron chi connectivity index (χ4n) is 2.80. The van der Waals surface area contributed by atoms with Crippen molar-refractivity contribution in [2.75, 3.05) is 6.54 Å². The maximum atomic E-state index is 12.6. The number of piperidine rings is 1. The zero-order chi connectivity index (χ0) is 17.7. The number of hydrogen-bond donors (Lipinski definition) is 2. The highest BCUT2D eigenvalue weighted by molar-refractivity contribution is 5.87. The van der Waals surface area contributed by atoms with Gasteiger partial charge in [-0.1, -0.05) is 51.1 Å². The highest BCUT2D eigenvalue weighted by Gasteiger charge is 2.39. The Hall–Kier alpha value is -1.92. The summed E-state index contributed by atoms with van der Waals surface area (Å²) in [6.45, 7) is 6.17. The third-order valence-electron chi connectivity index (χ3n) is 4.10. The molecule has 1 aromatic carbocycles. The molecule has 1 aliphatic rings. The van der Waals surface area contributed by atoms with Crippen molar-refractivity contribution in [2.45, 2.75) is 52.3 Å². The van der Waals surface area contributed by atoms with E-state index in [1.54, 1.807) is 20.8 Å². The first-order valence-electron chi connectivity index (χ1n) is 8.24. The van der Waals surface area contributed by atoms with Gasteiger partial charge in [-0.05, 0) is 18.4 Å². The topological polar surface area (TPSA) is 78.9 Å². The molecule has 6 heteroatoms. The van der Waals surface area contributed by atoms with Crippen molar-refractivity contribution in [3.8, 4) is 0 Å². The smallest absolute Gasteiger partial charge is 0.326 e. The van der Waals surface area contributed by atoms with Crippen LogP contribution in [0.15, 0.2) is 30.3 Å². The largest absolute Gasteiger partial charge is 0.480 e. The Morgan fingerprint density at radius 3 is 2.50 bits per heavy atom. The van der Waals surface area contributed by atoms with Gasteiger partial charge >= 0.3 is 5.97 Å². The normalized spacial score (nSPS) is 21.5. The minimum atomic E-state index is -0.948. The molecule has 6 nitrogen and oxygen atoms in total. The molecule has 0 bridgehead atoms. The maximum absolute atomic E-state index is 12.6. The predicted octanol–water partition coefficient (Wildman–Crippen LogP) is 2.20. The lowest BCUT2D eigenvalue weighted by atomic mass is 9.90. The molecule has 1 amide bonds. The molecule has 132 valence electrons. The molecule has 1 fully saturated rings. The minimum absolute atomic E-state index is 0.0735. The van der Waals surface area contributed by atoms with Crippen LogP contribution < -0.4 is 5.48 Å². The summed E-state index contributed by atoms with van der Waals surface area (Å²) < 4.78 is 0. The molecule has 1 saturated heterocycles. The molecule has 2 atom stereocenters. The van der Waals surface area contributed by atoms with Crippen molar-refractivity contribution < 1.29 is 19.5 Å². The van der Waals surface area contributed by atoms with E-state index in [1.807, 2.05) is 30.3 Å². The Morgan fingerprint density at radius 2 is 1.92 bits per heavy atom. The lowest BCUT2D eigenvalue weighted by Crippen LogP contribution is -2.57. The van der Waals surface area contributed by atoms with Gasteiger partial charge in [-0.25, -0.2) is 4.79 Å². The zero-order valence-corrected chi connectivity index (χ0v) is 14.5. The number of hydrogen-bond acceptors (Lipinski definition) is 4. The van der Waals surface area contributed by atoms with Gasteiger partial charge in [-0.2, -0.15) is 5.48 Å². The average molecular weight is 334 g/mol. The number of carbonyl (C=O) groups is 2. The van der Waals surface area contributed by atoms with Crippen LogP contribution in [0.4, 0.5) is 0 Å². The highest BCUT2D eigenvalue weighted by atomic mass is 16.6. The van der Waals surface area contributed by atoms with Crippen molar-refractivity contribution in [2.24, 2.45) is 5.41 Å². The average Bonchev–Trinajstić information content (AvgIpc) is 2.54. The molecule has 0 spiro atoms.